The number of nitrogens with zero attached hydrogens (tertiary/aromatic N) is 3. The summed E-state index contributed by atoms with van der Waals surface area (Å²) >= 11 is 0. The Morgan fingerprint density at radius 3 is 2.45 bits per heavy atom. The number of esters is 1. The van der Waals surface area contributed by atoms with Gasteiger partial charge in [0.1, 0.15) is 0 Å². The molecule has 0 aliphatic rings. The third-order valence-corrected chi connectivity index (χ3v) is 3.49. The summed E-state index contributed by atoms with van der Waals surface area (Å²) in [4.78, 5) is 11.7. The van der Waals surface area contributed by atoms with Crippen LogP contribution >= 0.6 is 0 Å². The van der Waals surface area contributed by atoms with Gasteiger partial charge in [0.2, 0.25) is 0 Å². The van der Waals surface area contributed by atoms with Gasteiger partial charge in [-0.1, -0.05) is 53.7 Å². The fourth-order valence-electron chi connectivity index (χ4n) is 2.36. The average molecular weight is 293 g/mol. The highest BCUT2D eigenvalue weighted by Crippen LogP contribution is 2.27. The van der Waals surface area contributed by atoms with Gasteiger partial charge in [0, 0.05) is 5.56 Å². The number of hydrogen-bond donors (Lipinski definition) is 0. The second-order valence-electron chi connectivity index (χ2n) is 4.81. The number of ether oxygens (including phenoxy) is 1. The molecule has 0 N–H and O–H groups in total. The van der Waals surface area contributed by atoms with E-state index in [4.69, 9.17) is 4.74 Å². The molecule has 0 radical (unpaired) electrons. The predicted molar refractivity (Wildman–Crippen MR) is 82.9 cm³/mol. The first-order valence-electron chi connectivity index (χ1n) is 6.88. The Kier molecular flexibility index (Phi) is 3.70. The minimum absolute atomic E-state index is 0.227. The van der Waals surface area contributed by atoms with Gasteiger partial charge in [-0.25, -0.2) is 9.48 Å². The van der Waals surface area contributed by atoms with Crippen molar-refractivity contribution in [1.82, 2.24) is 15.0 Å². The van der Waals surface area contributed by atoms with Crippen LogP contribution in [0.4, 0.5) is 0 Å². The summed E-state index contributed by atoms with van der Waals surface area (Å²) in [6.07, 6.45) is 0. The van der Waals surface area contributed by atoms with E-state index in [0.29, 0.717) is 5.69 Å². The fraction of sp³-hybridized carbons (Fsp3) is 0.118. The zero-order valence-electron chi connectivity index (χ0n) is 12.4. The molecule has 0 aliphatic carbocycles. The summed E-state index contributed by atoms with van der Waals surface area (Å²) in [5.74, 6) is -0.485. The van der Waals surface area contributed by atoms with E-state index in [1.54, 1.807) is 11.6 Å². The number of aromatic nitrogens is 3. The Bertz CT molecular complexity index is 810. The van der Waals surface area contributed by atoms with Gasteiger partial charge < -0.3 is 4.74 Å². The van der Waals surface area contributed by atoms with Crippen molar-refractivity contribution in [2.75, 3.05) is 7.11 Å². The van der Waals surface area contributed by atoms with Crippen molar-refractivity contribution in [3.63, 3.8) is 0 Å². The molecule has 110 valence electrons. The summed E-state index contributed by atoms with van der Waals surface area (Å²) < 4.78 is 6.39. The number of rotatable bonds is 3. The summed E-state index contributed by atoms with van der Waals surface area (Å²) in [6.45, 7) is 1.80. The standard InChI is InChI=1S/C17H15N3O2/c1-12-16(17(21)22-2)18-19-20(12)15-11-7-6-10-14(15)13-8-4-3-5-9-13/h3-11H,1-2H3. The second-order valence-corrected chi connectivity index (χ2v) is 4.81. The highest BCUT2D eigenvalue weighted by atomic mass is 16.5. The van der Waals surface area contributed by atoms with Crippen molar-refractivity contribution >= 4 is 5.97 Å². The summed E-state index contributed by atoms with van der Waals surface area (Å²) in [7, 11) is 1.33. The van der Waals surface area contributed by atoms with Crippen molar-refractivity contribution < 1.29 is 9.53 Å². The van der Waals surface area contributed by atoms with Gasteiger partial charge in [-0.3, -0.25) is 0 Å². The van der Waals surface area contributed by atoms with Crippen LogP contribution in [-0.4, -0.2) is 28.1 Å². The Balaban J connectivity index is 2.15. The molecule has 0 aliphatic heterocycles. The highest BCUT2D eigenvalue weighted by Gasteiger charge is 2.19. The van der Waals surface area contributed by atoms with Gasteiger partial charge in [0.25, 0.3) is 0 Å². The predicted octanol–water partition coefficient (Wildman–Crippen LogP) is 3.03. The number of carbonyl (C=O) groups excluding carboxylic acids is 1. The quantitative estimate of drug-likeness (QED) is 0.696. The van der Waals surface area contributed by atoms with Crippen LogP contribution in [0.15, 0.2) is 54.6 Å². The van der Waals surface area contributed by atoms with Crippen molar-refractivity contribution in [1.29, 1.82) is 0 Å². The molecular formula is C17H15N3O2. The molecule has 0 bridgehead atoms. The molecule has 0 spiro atoms. The molecule has 1 heterocycles. The molecule has 1 aromatic heterocycles. The summed E-state index contributed by atoms with van der Waals surface area (Å²) in [5, 5.41) is 8.04. The van der Waals surface area contributed by atoms with Crippen LogP contribution < -0.4 is 0 Å². The van der Waals surface area contributed by atoms with Crippen LogP contribution in [0.25, 0.3) is 16.8 Å². The number of para-hydroxylation sites is 1. The normalized spacial score (nSPS) is 10.5. The first-order valence-corrected chi connectivity index (χ1v) is 6.88. The van der Waals surface area contributed by atoms with Crippen LogP contribution in [0.1, 0.15) is 16.2 Å². The van der Waals surface area contributed by atoms with Crippen LogP contribution in [0, 0.1) is 6.92 Å². The third kappa shape index (κ3) is 2.37. The van der Waals surface area contributed by atoms with Gasteiger partial charge in [-0.2, -0.15) is 0 Å². The first kappa shape index (κ1) is 14.0. The number of hydrogen-bond acceptors (Lipinski definition) is 4. The Morgan fingerprint density at radius 1 is 1.05 bits per heavy atom. The van der Waals surface area contributed by atoms with Crippen molar-refractivity contribution in [3.8, 4) is 16.8 Å². The smallest absolute Gasteiger partial charge is 0.360 e. The minimum atomic E-state index is -0.485. The zero-order valence-corrected chi connectivity index (χ0v) is 12.4. The lowest BCUT2D eigenvalue weighted by atomic mass is 10.0. The topological polar surface area (TPSA) is 57.0 Å². The van der Waals surface area contributed by atoms with E-state index in [-0.39, 0.29) is 5.69 Å². The zero-order chi connectivity index (χ0) is 15.5. The van der Waals surface area contributed by atoms with E-state index in [0.717, 1.165) is 16.8 Å². The monoisotopic (exact) mass is 293 g/mol. The van der Waals surface area contributed by atoms with E-state index in [9.17, 15) is 4.79 Å². The molecule has 0 atom stereocenters. The van der Waals surface area contributed by atoms with E-state index < -0.39 is 5.97 Å². The van der Waals surface area contributed by atoms with Gasteiger partial charge in [-0.05, 0) is 18.6 Å². The minimum Gasteiger partial charge on any atom is -0.464 e. The molecule has 0 unspecified atom stereocenters. The lowest BCUT2D eigenvalue weighted by Crippen LogP contribution is -2.06. The summed E-state index contributed by atoms with van der Waals surface area (Å²) in [5.41, 5.74) is 3.84. The maximum absolute atomic E-state index is 11.7. The van der Waals surface area contributed by atoms with E-state index in [1.807, 2.05) is 54.6 Å². The lowest BCUT2D eigenvalue weighted by Gasteiger charge is -2.10. The van der Waals surface area contributed by atoms with Gasteiger partial charge in [-0.15, -0.1) is 5.10 Å². The second kappa shape index (κ2) is 5.81. The number of carbonyl (C=O) groups is 1. The summed E-state index contributed by atoms with van der Waals surface area (Å²) in [6, 6.07) is 17.9. The SMILES string of the molecule is COC(=O)c1nnn(-c2ccccc2-c2ccccc2)c1C. The molecule has 3 aromatic rings. The van der Waals surface area contributed by atoms with Crippen LogP contribution in [0.5, 0.6) is 0 Å². The third-order valence-electron chi connectivity index (χ3n) is 3.49. The van der Waals surface area contributed by atoms with Crippen molar-refractivity contribution in [2.45, 2.75) is 6.92 Å². The molecule has 0 amide bonds. The average Bonchev–Trinajstić information content (AvgIpc) is 2.96. The largest absolute Gasteiger partial charge is 0.464 e. The molecule has 2 aromatic carbocycles. The highest BCUT2D eigenvalue weighted by molar-refractivity contribution is 5.88. The van der Waals surface area contributed by atoms with Crippen molar-refractivity contribution in [3.05, 3.63) is 66.0 Å². The molecule has 5 heteroatoms. The molecule has 5 nitrogen and oxygen atoms in total. The lowest BCUT2D eigenvalue weighted by molar-refractivity contribution is 0.0593. The molecule has 3 rings (SSSR count). The Hall–Kier alpha value is -2.95. The number of benzene rings is 2. The molecule has 0 saturated carbocycles. The maximum atomic E-state index is 11.7. The molecule has 0 saturated heterocycles. The molecule has 22 heavy (non-hydrogen) atoms. The van der Waals surface area contributed by atoms with Crippen LogP contribution in [0.3, 0.4) is 0 Å². The maximum Gasteiger partial charge on any atom is 0.360 e. The molecular weight excluding hydrogens is 278 g/mol. The van der Waals surface area contributed by atoms with Gasteiger partial charge >= 0.3 is 5.97 Å². The van der Waals surface area contributed by atoms with E-state index >= 15 is 0 Å². The van der Waals surface area contributed by atoms with E-state index in [2.05, 4.69) is 10.3 Å². The Morgan fingerprint density at radius 2 is 1.73 bits per heavy atom. The fourth-order valence-corrected chi connectivity index (χ4v) is 2.36. The van der Waals surface area contributed by atoms with E-state index in [1.165, 1.54) is 7.11 Å². The van der Waals surface area contributed by atoms with Crippen molar-refractivity contribution in [2.24, 2.45) is 0 Å². The van der Waals surface area contributed by atoms with Gasteiger partial charge in [0.05, 0.1) is 18.5 Å². The Labute approximate surface area is 128 Å². The first-order chi connectivity index (χ1) is 10.7. The van der Waals surface area contributed by atoms with Crippen LogP contribution in [-0.2, 0) is 4.74 Å². The van der Waals surface area contributed by atoms with Crippen LogP contribution in [0.2, 0.25) is 0 Å². The molecule has 0 fully saturated rings. The van der Waals surface area contributed by atoms with Gasteiger partial charge in [0.15, 0.2) is 5.69 Å². The number of methoxy groups -OCH3 is 1.